The van der Waals surface area contributed by atoms with Crippen LogP contribution in [0.1, 0.15) is 0 Å². The van der Waals surface area contributed by atoms with E-state index in [1.54, 1.807) is 0 Å². The van der Waals surface area contributed by atoms with Gasteiger partial charge in [-0.05, 0) is 0 Å². The molecule has 0 saturated carbocycles. The van der Waals surface area contributed by atoms with Crippen molar-refractivity contribution in [3.05, 3.63) is 0 Å². The minimum atomic E-state index is -0.417. The van der Waals surface area contributed by atoms with Gasteiger partial charge in [0.1, 0.15) is 0 Å². The predicted octanol–water partition coefficient (Wildman–Crippen LogP) is -5.36. The molecule has 0 radical (unpaired) electrons. The van der Waals surface area contributed by atoms with Crippen LogP contribution in [-0.2, 0) is 0 Å². The zero-order valence-electron chi connectivity index (χ0n) is 3.43. The van der Waals surface area contributed by atoms with Crippen molar-refractivity contribution in [2.24, 2.45) is 11.5 Å². The molecule has 0 fully saturated rings. The van der Waals surface area contributed by atoms with Gasteiger partial charge in [0.2, 0.25) is 0 Å². The lowest BCUT2D eigenvalue weighted by Crippen LogP contribution is -2.51. The van der Waals surface area contributed by atoms with Gasteiger partial charge < -0.3 is 9.32 Å². The van der Waals surface area contributed by atoms with E-state index in [1.165, 1.54) is 0 Å². The van der Waals surface area contributed by atoms with E-state index in [1.807, 2.05) is 0 Å². The molecule has 0 aliphatic carbocycles. The number of halogens is 1. The Bertz CT molecular complexity index is 44.2. The fourth-order valence-corrected chi connectivity index (χ4v) is 0. The topological polar surface area (TPSA) is 124 Å². The molecule has 6 N–H and O–H groups in total. The number of hydrogen-bond donors (Lipinski definition) is 3. The van der Waals surface area contributed by atoms with E-state index in [9.17, 15) is 0 Å². The lowest BCUT2D eigenvalue weighted by atomic mass is 11.1. The van der Waals surface area contributed by atoms with Gasteiger partial charge in [-0.15, -0.1) is 0 Å². The molecule has 0 unspecified atom stereocenters. The third-order valence-electron chi connectivity index (χ3n) is 0. The molecule has 0 aromatic rings. The molecular weight excluding hydrogens is 121 g/mol. The first kappa shape index (κ1) is 9.70. The van der Waals surface area contributed by atoms with Crippen LogP contribution >= 0.6 is 0 Å². The van der Waals surface area contributed by atoms with Crippen molar-refractivity contribution in [3.63, 3.8) is 0 Å². The molecule has 0 bridgehead atoms. The summed E-state index contributed by atoms with van der Waals surface area (Å²) in [5.41, 5.74) is 9.17. The standard InChI is InChI=1S/CH5N3.ClO2/c2-1(3)4;2-1-3/h(H5,2,3,4);/q;-1/p+1. The average Bonchev–Trinajstić information content (AvgIpc) is 1.33. The SMILES string of the molecule is NC(N)=[NH2+].[O-][Cl+][O-]. The Morgan fingerprint density at radius 1 is 1.43 bits per heavy atom. The number of rotatable bonds is 0. The van der Waals surface area contributed by atoms with Gasteiger partial charge in [-0.2, -0.15) is 0 Å². The predicted molar refractivity (Wildman–Crippen MR) is 15.3 cm³/mol. The molecule has 0 aromatic carbocycles. The third-order valence-corrected chi connectivity index (χ3v) is 0. The summed E-state index contributed by atoms with van der Waals surface area (Å²) in [6.45, 7) is 0. The van der Waals surface area contributed by atoms with Crippen molar-refractivity contribution < 1.29 is 26.1 Å². The maximum absolute atomic E-state index is 8.24. The molecule has 5 nitrogen and oxygen atoms in total. The Morgan fingerprint density at radius 3 is 1.43 bits per heavy atom. The summed E-state index contributed by atoms with van der Waals surface area (Å²) in [6, 6.07) is 0. The van der Waals surface area contributed by atoms with Gasteiger partial charge in [0, 0.05) is 0 Å². The first-order chi connectivity index (χ1) is 3.15. The summed E-state index contributed by atoms with van der Waals surface area (Å²) < 4.78 is 16.5. The zero-order valence-corrected chi connectivity index (χ0v) is 4.18. The highest BCUT2D eigenvalue weighted by molar-refractivity contribution is 5.68. The minimum absolute atomic E-state index is 0.0833. The van der Waals surface area contributed by atoms with E-state index in [0.29, 0.717) is 0 Å². The molecule has 0 atom stereocenters. The van der Waals surface area contributed by atoms with Gasteiger partial charge >= 0.3 is 5.96 Å². The first-order valence-corrected chi connectivity index (χ1v) is 1.79. The van der Waals surface area contributed by atoms with Crippen molar-refractivity contribution in [1.82, 2.24) is 0 Å². The van der Waals surface area contributed by atoms with Crippen LogP contribution in [-0.4, -0.2) is 5.96 Å². The molecule has 6 heteroatoms. The second-order valence-electron chi connectivity index (χ2n) is 0.563. The van der Waals surface area contributed by atoms with Crippen LogP contribution in [0.3, 0.4) is 0 Å². The number of nitrogens with two attached hydrogens (primary N) is 3. The molecular formula is CH6ClN3O2. The second kappa shape index (κ2) is 9.08. The van der Waals surface area contributed by atoms with E-state index in [4.69, 9.17) is 9.32 Å². The lowest BCUT2D eigenvalue weighted by molar-refractivity contribution is -1.41. The smallest absolute Gasteiger partial charge is 0.336 e. The van der Waals surface area contributed by atoms with Crippen LogP contribution in [0.4, 0.5) is 0 Å². The van der Waals surface area contributed by atoms with Gasteiger partial charge in [-0.3, -0.25) is 16.9 Å². The zero-order chi connectivity index (χ0) is 6.28. The highest BCUT2D eigenvalue weighted by Crippen LogP contribution is 0.940. The van der Waals surface area contributed by atoms with E-state index < -0.39 is 11.3 Å². The van der Waals surface area contributed by atoms with E-state index in [-0.39, 0.29) is 5.96 Å². The van der Waals surface area contributed by atoms with Crippen LogP contribution in [0, 0.1) is 11.3 Å². The molecule has 44 valence electrons. The van der Waals surface area contributed by atoms with Crippen molar-refractivity contribution in [2.75, 3.05) is 0 Å². The Labute approximate surface area is 44.5 Å². The fourth-order valence-electron chi connectivity index (χ4n) is 0. The van der Waals surface area contributed by atoms with E-state index >= 15 is 0 Å². The summed E-state index contributed by atoms with van der Waals surface area (Å²) in [7, 11) is 0. The largest absolute Gasteiger partial charge is 0.544 e. The molecule has 0 aliphatic heterocycles. The van der Waals surface area contributed by atoms with E-state index in [0.717, 1.165) is 0 Å². The maximum Gasteiger partial charge on any atom is 0.336 e. The van der Waals surface area contributed by atoms with Gasteiger partial charge in [-0.25, -0.2) is 0 Å². The minimum Gasteiger partial charge on any atom is -0.544 e. The van der Waals surface area contributed by atoms with Crippen molar-refractivity contribution in [2.45, 2.75) is 0 Å². The summed E-state index contributed by atoms with van der Waals surface area (Å²) in [6.07, 6.45) is 0. The number of guanidine groups is 1. The van der Waals surface area contributed by atoms with E-state index in [2.05, 4.69) is 16.9 Å². The highest BCUT2D eigenvalue weighted by Gasteiger charge is 1.64. The van der Waals surface area contributed by atoms with Gasteiger partial charge in [0.05, 0.1) is 11.3 Å². The Hall–Kier alpha value is -0.520. The van der Waals surface area contributed by atoms with Crippen LogP contribution < -0.4 is 26.2 Å². The molecule has 0 spiro atoms. The van der Waals surface area contributed by atoms with Gasteiger partial charge in [0.15, 0.2) is 0 Å². The fraction of sp³-hybridized carbons (Fsp3) is 0. The molecule has 0 heterocycles. The van der Waals surface area contributed by atoms with Gasteiger partial charge in [0.25, 0.3) is 0 Å². The summed E-state index contributed by atoms with van der Waals surface area (Å²) >= 11 is -0.417. The van der Waals surface area contributed by atoms with Crippen LogP contribution in [0.5, 0.6) is 0 Å². The van der Waals surface area contributed by atoms with Crippen LogP contribution in [0.2, 0.25) is 0 Å². The number of hydrogen-bond acceptors (Lipinski definition) is 2. The Balaban J connectivity index is 0. The van der Waals surface area contributed by atoms with Crippen molar-refractivity contribution >= 4 is 5.96 Å². The molecule has 7 heavy (non-hydrogen) atoms. The molecule has 0 aromatic heterocycles. The summed E-state index contributed by atoms with van der Waals surface area (Å²) in [5, 5.41) is 4.58. The Kier molecular flexibility index (Phi) is 12.6. The van der Waals surface area contributed by atoms with Crippen LogP contribution in [0.15, 0.2) is 0 Å². The summed E-state index contributed by atoms with van der Waals surface area (Å²) in [5.74, 6) is -0.0833. The third kappa shape index (κ3) is 245. The quantitative estimate of drug-likeness (QED) is 0.222. The second-order valence-corrected chi connectivity index (χ2v) is 0.689. The maximum atomic E-state index is 8.24. The van der Waals surface area contributed by atoms with Crippen LogP contribution in [0.25, 0.3) is 0 Å². The monoisotopic (exact) mass is 127 g/mol. The van der Waals surface area contributed by atoms with Crippen molar-refractivity contribution in [3.8, 4) is 0 Å². The normalized spacial score (nSPS) is 6.00. The molecule has 0 saturated heterocycles. The van der Waals surface area contributed by atoms with Crippen molar-refractivity contribution in [1.29, 1.82) is 0 Å². The molecule has 0 aliphatic rings. The van der Waals surface area contributed by atoms with Gasteiger partial charge in [-0.1, -0.05) is 0 Å². The Morgan fingerprint density at radius 2 is 1.43 bits per heavy atom. The highest BCUT2D eigenvalue weighted by atomic mass is 35.6. The first-order valence-electron chi connectivity index (χ1n) is 1.17. The molecule has 0 amide bonds. The average molecular weight is 128 g/mol. The summed E-state index contributed by atoms with van der Waals surface area (Å²) in [4.78, 5) is 0. The lowest BCUT2D eigenvalue weighted by Gasteiger charge is -1.68. The molecule has 0 rings (SSSR count).